The third-order valence-corrected chi connectivity index (χ3v) is 16.3. The third kappa shape index (κ3) is 12.6. The van der Waals surface area contributed by atoms with Gasteiger partial charge in [0, 0.05) is 22.9 Å². The van der Waals surface area contributed by atoms with Crippen LogP contribution in [0.1, 0.15) is 277 Å². The molecule has 0 unspecified atom stereocenters. The fraction of sp³-hybridized carbons (Fsp3) is 0.636. The molecule has 0 aliphatic carbocycles. The van der Waals surface area contributed by atoms with Crippen LogP contribution >= 0.6 is 0 Å². The first-order valence-electron chi connectivity index (χ1n) is 30.8. The number of carbonyl (C=O) groups is 4. The monoisotopic (exact) mass is 1040 g/mol. The predicted molar refractivity (Wildman–Crippen MR) is 313 cm³/mol. The number of imide groups is 2. The Labute approximate surface area is 456 Å². The van der Waals surface area contributed by atoms with E-state index in [1.54, 1.807) is 9.80 Å². The van der Waals surface area contributed by atoms with Crippen LogP contribution in [0.2, 0.25) is 0 Å². The van der Waals surface area contributed by atoms with E-state index in [4.69, 9.17) is 18.9 Å². The highest BCUT2D eigenvalue weighted by Crippen LogP contribution is 2.54. The molecule has 416 valence electrons. The summed E-state index contributed by atoms with van der Waals surface area (Å²) in [4.78, 5) is 66.3. The molecule has 0 radical (unpaired) electrons. The highest BCUT2D eigenvalue weighted by Gasteiger charge is 2.45. The average molecular weight is 1040 g/mol. The van der Waals surface area contributed by atoms with Crippen LogP contribution in [-0.4, -0.2) is 71.9 Å². The van der Waals surface area contributed by atoms with Gasteiger partial charge in [-0.15, -0.1) is 0 Å². The Bertz CT molecular complexity index is 2380. The summed E-state index contributed by atoms with van der Waals surface area (Å²) < 4.78 is 27.3. The van der Waals surface area contributed by atoms with Crippen LogP contribution in [0.15, 0.2) is 24.3 Å². The van der Waals surface area contributed by atoms with E-state index >= 15 is 19.2 Å². The molecule has 76 heavy (non-hydrogen) atoms. The average Bonchev–Trinajstić information content (AvgIpc) is 3.57. The zero-order valence-electron chi connectivity index (χ0n) is 48.3. The van der Waals surface area contributed by atoms with Crippen LogP contribution in [0.3, 0.4) is 0 Å². The molecule has 0 fully saturated rings. The maximum absolute atomic E-state index is 15.8. The number of nitrogens with zero attached hydrogens (tertiary/aromatic N) is 2. The number of benzene rings is 5. The van der Waals surface area contributed by atoms with Crippen molar-refractivity contribution in [2.75, 3.05) is 26.4 Å². The lowest BCUT2D eigenvalue weighted by molar-refractivity contribution is 0.0495. The standard InChI is InChI=1S/C66H94N2O8/c1-9-17-25-29-33-45(34-30-26-18-10-2)67-63(69)57-51(73-37-21-13-5)41-47-49-43-53(75-39-23-15-7)59-62-56(49)50(48-42-52(74-38-22-14-6)58(64(67)70)61(57)55(47)48)44-54(76-40-24-16-8)60(62)66(72)68(65(59)71)46(35-31-27-19-11-3)36-32-28-20-12-4/h41-46H,9-40H2,1-8H3. The van der Waals surface area contributed by atoms with Gasteiger partial charge in [0.05, 0.1) is 48.7 Å². The highest BCUT2D eigenvalue weighted by molar-refractivity contribution is 6.43. The first kappa shape index (κ1) is 58.6. The molecule has 0 bridgehead atoms. The number of fused-ring (bicyclic) bond motifs is 2. The Morgan fingerprint density at radius 2 is 0.526 bits per heavy atom. The first-order valence-corrected chi connectivity index (χ1v) is 30.8. The number of hydrogen-bond donors (Lipinski definition) is 0. The molecule has 0 saturated carbocycles. The van der Waals surface area contributed by atoms with Crippen molar-refractivity contribution < 1.29 is 38.1 Å². The molecule has 5 aromatic rings. The van der Waals surface area contributed by atoms with Crippen LogP contribution in [-0.2, 0) is 0 Å². The molecule has 0 N–H and O–H groups in total. The van der Waals surface area contributed by atoms with Gasteiger partial charge < -0.3 is 18.9 Å². The van der Waals surface area contributed by atoms with Gasteiger partial charge in [-0.25, -0.2) is 0 Å². The van der Waals surface area contributed by atoms with E-state index in [-0.39, 0.29) is 35.7 Å². The van der Waals surface area contributed by atoms with Crippen LogP contribution < -0.4 is 18.9 Å². The molecule has 2 heterocycles. The number of rotatable bonds is 38. The Hall–Kier alpha value is -5.12. The Kier molecular flexibility index (Phi) is 22.4. The number of amides is 4. The van der Waals surface area contributed by atoms with Gasteiger partial charge in [0.1, 0.15) is 23.0 Å². The summed E-state index contributed by atoms with van der Waals surface area (Å²) in [6.45, 7) is 18.9. The van der Waals surface area contributed by atoms with E-state index in [0.29, 0.717) is 82.5 Å². The summed E-state index contributed by atoms with van der Waals surface area (Å²) in [5, 5.41) is 5.66. The van der Waals surface area contributed by atoms with Crippen LogP contribution in [0.4, 0.5) is 0 Å². The predicted octanol–water partition coefficient (Wildman–Crippen LogP) is 18.3. The van der Waals surface area contributed by atoms with Crippen molar-refractivity contribution in [2.45, 2.75) is 247 Å². The molecule has 4 amide bonds. The summed E-state index contributed by atoms with van der Waals surface area (Å²) in [6.07, 6.45) is 26.4. The van der Waals surface area contributed by atoms with Crippen molar-refractivity contribution in [1.82, 2.24) is 9.80 Å². The lowest BCUT2D eigenvalue weighted by atomic mass is 9.80. The molecule has 7 rings (SSSR count). The van der Waals surface area contributed by atoms with Gasteiger partial charge in [0.2, 0.25) is 0 Å². The normalized spacial score (nSPS) is 13.7. The number of carbonyl (C=O) groups excluding carboxylic acids is 4. The van der Waals surface area contributed by atoms with Crippen LogP contribution in [0.5, 0.6) is 23.0 Å². The largest absolute Gasteiger partial charge is 0.493 e. The van der Waals surface area contributed by atoms with Gasteiger partial charge in [0.25, 0.3) is 23.6 Å². The molecule has 0 saturated heterocycles. The highest BCUT2D eigenvalue weighted by atomic mass is 16.5. The Morgan fingerprint density at radius 1 is 0.303 bits per heavy atom. The molecule has 2 aliphatic rings. The van der Waals surface area contributed by atoms with Crippen LogP contribution in [0.25, 0.3) is 43.1 Å². The summed E-state index contributed by atoms with van der Waals surface area (Å²) >= 11 is 0. The molecular weight excluding hydrogens is 949 g/mol. The zero-order chi connectivity index (χ0) is 54.1. The van der Waals surface area contributed by atoms with Crippen molar-refractivity contribution in [1.29, 1.82) is 0 Å². The van der Waals surface area contributed by atoms with Gasteiger partial charge in [-0.3, -0.25) is 29.0 Å². The van der Waals surface area contributed by atoms with Gasteiger partial charge in [0.15, 0.2) is 0 Å². The second-order valence-corrected chi connectivity index (χ2v) is 22.2. The van der Waals surface area contributed by atoms with Crippen LogP contribution in [0, 0.1) is 0 Å². The lowest BCUT2D eigenvalue weighted by Crippen LogP contribution is -2.47. The van der Waals surface area contributed by atoms with Crippen molar-refractivity contribution in [3.63, 3.8) is 0 Å². The molecule has 0 aromatic heterocycles. The lowest BCUT2D eigenvalue weighted by Gasteiger charge is -2.37. The van der Waals surface area contributed by atoms with Crippen molar-refractivity contribution >= 4 is 66.7 Å². The Morgan fingerprint density at radius 3 is 0.737 bits per heavy atom. The molecule has 5 aromatic carbocycles. The van der Waals surface area contributed by atoms with E-state index in [9.17, 15) is 0 Å². The number of ether oxygens (including phenoxy) is 4. The van der Waals surface area contributed by atoms with Crippen molar-refractivity contribution in [3.8, 4) is 23.0 Å². The maximum atomic E-state index is 15.8. The van der Waals surface area contributed by atoms with Crippen molar-refractivity contribution in [3.05, 3.63) is 46.5 Å². The van der Waals surface area contributed by atoms with E-state index in [1.807, 2.05) is 24.3 Å². The summed E-state index contributed by atoms with van der Waals surface area (Å²) in [6, 6.07) is 7.46. The molecule has 2 aliphatic heterocycles. The van der Waals surface area contributed by atoms with E-state index in [0.717, 1.165) is 212 Å². The Balaban J connectivity index is 1.58. The molecule has 10 heteroatoms. The minimum absolute atomic E-state index is 0.277. The number of hydrogen-bond acceptors (Lipinski definition) is 8. The molecule has 10 nitrogen and oxygen atoms in total. The van der Waals surface area contributed by atoms with E-state index in [1.165, 1.54) is 0 Å². The van der Waals surface area contributed by atoms with Gasteiger partial charge in [-0.1, -0.05) is 184 Å². The van der Waals surface area contributed by atoms with E-state index in [2.05, 4.69) is 55.4 Å². The topological polar surface area (TPSA) is 112 Å². The maximum Gasteiger partial charge on any atom is 0.265 e. The summed E-state index contributed by atoms with van der Waals surface area (Å²) in [7, 11) is 0. The minimum Gasteiger partial charge on any atom is -0.493 e. The third-order valence-electron chi connectivity index (χ3n) is 16.3. The smallest absolute Gasteiger partial charge is 0.265 e. The summed E-state index contributed by atoms with van der Waals surface area (Å²) in [5.41, 5.74) is 1.60. The molecular formula is C66H94N2O8. The number of unbranched alkanes of at least 4 members (excludes halogenated alkanes) is 16. The fourth-order valence-corrected chi connectivity index (χ4v) is 12.0. The second-order valence-electron chi connectivity index (χ2n) is 22.2. The van der Waals surface area contributed by atoms with E-state index < -0.39 is 0 Å². The summed E-state index contributed by atoms with van der Waals surface area (Å²) in [5.74, 6) is 0.452. The second kappa shape index (κ2) is 29.0. The zero-order valence-corrected chi connectivity index (χ0v) is 48.3. The first-order chi connectivity index (χ1) is 37.2. The molecule has 0 atom stereocenters. The fourth-order valence-electron chi connectivity index (χ4n) is 12.0. The SMILES string of the molecule is CCCCCCC(CCCCCC)N1C(=O)c2c(OCCCC)cc3c4cc(OCCCC)c5c6c(c(OCCCC)cc(c7cc(OCCCC)c(c2c37)C1=O)c64)C(=O)N(C(CCCCCC)CCCCCC)C5=O. The van der Waals surface area contributed by atoms with Gasteiger partial charge in [-0.05, 0) is 108 Å². The quantitative estimate of drug-likeness (QED) is 0.0166. The van der Waals surface area contributed by atoms with Gasteiger partial charge in [-0.2, -0.15) is 0 Å². The van der Waals surface area contributed by atoms with Gasteiger partial charge >= 0.3 is 0 Å². The minimum atomic E-state index is -0.318. The molecule has 0 spiro atoms. The van der Waals surface area contributed by atoms with Crippen molar-refractivity contribution in [2.24, 2.45) is 0 Å².